The monoisotopic (exact) mass is 256 g/mol. The van der Waals surface area contributed by atoms with E-state index in [4.69, 9.17) is 0 Å². The van der Waals surface area contributed by atoms with Gasteiger partial charge >= 0.3 is 0 Å². The number of aromatic hydroxyl groups is 1. The minimum Gasteiger partial charge on any atom is -0.508 e. The standard InChI is InChI=1S/C18H24O/c1-3-5-10-16-15-12-8-7-9-14(15)13-18(19)17(16)11-6-4-2/h7-9,12-13,19H,3-6,10-11H2,1-2H3. The van der Waals surface area contributed by atoms with Gasteiger partial charge in [0.25, 0.3) is 0 Å². The van der Waals surface area contributed by atoms with Crippen molar-refractivity contribution in [3.63, 3.8) is 0 Å². The van der Waals surface area contributed by atoms with Gasteiger partial charge in [-0.15, -0.1) is 0 Å². The Morgan fingerprint density at radius 2 is 1.53 bits per heavy atom. The molecule has 0 bridgehead atoms. The van der Waals surface area contributed by atoms with Crippen LogP contribution in [0.2, 0.25) is 0 Å². The summed E-state index contributed by atoms with van der Waals surface area (Å²) in [4.78, 5) is 0. The lowest BCUT2D eigenvalue weighted by Crippen LogP contribution is -1.97. The Bertz CT molecular complexity index is 543. The molecule has 2 aromatic carbocycles. The molecule has 0 saturated heterocycles. The van der Waals surface area contributed by atoms with Crippen molar-refractivity contribution in [2.75, 3.05) is 0 Å². The zero-order valence-corrected chi connectivity index (χ0v) is 12.1. The number of unbranched alkanes of at least 4 members (excludes halogenated alkanes) is 2. The minimum absolute atomic E-state index is 0.484. The summed E-state index contributed by atoms with van der Waals surface area (Å²) in [5.41, 5.74) is 2.54. The molecule has 0 spiro atoms. The van der Waals surface area contributed by atoms with E-state index < -0.39 is 0 Å². The summed E-state index contributed by atoms with van der Waals surface area (Å²) in [5, 5.41) is 12.8. The van der Waals surface area contributed by atoms with Crippen LogP contribution in [0.3, 0.4) is 0 Å². The number of phenolic OH excluding ortho intramolecular Hbond substituents is 1. The summed E-state index contributed by atoms with van der Waals surface area (Å²) in [7, 11) is 0. The number of benzene rings is 2. The van der Waals surface area contributed by atoms with E-state index in [1.54, 1.807) is 0 Å². The summed E-state index contributed by atoms with van der Waals surface area (Å²) < 4.78 is 0. The third-order valence-corrected chi connectivity index (χ3v) is 3.81. The number of phenols is 1. The molecule has 2 aromatic rings. The molecule has 0 aliphatic carbocycles. The molecule has 0 fully saturated rings. The molecule has 0 aliphatic rings. The van der Waals surface area contributed by atoms with Gasteiger partial charge in [-0.1, -0.05) is 51.0 Å². The molecular formula is C18H24O. The largest absolute Gasteiger partial charge is 0.508 e. The van der Waals surface area contributed by atoms with Gasteiger partial charge in [-0.2, -0.15) is 0 Å². The van der Waals surface area contributed by atoms with Crippen LogP contribution in [0, 0.1) is 0 Å². The predicted octanol–water partition coefficient (Wildman–Crippen LogP) is 5.23. The molecule has 1 N–H and O–H groups in total. The van der Waals surface area contributed by atoms with Crippen molar-refractivity contribution in [1.29, 1.82) is 0 Å². The van der Waals surface area contributed by atoms with Crippen molar-refractivity contribution in [3.05, 3.63) is 41.5 Å². The Morgan fingerprint density at radius 3 is 2.21 bits per heavy atom. The predicted molar refractivity (Wildman–Crippen MR) is 82.8 cm³/mol. The van der Waals surface area contributed by atoms with E-state index in [2.05, 4.69) is 32.0 Å². The van der Waals surface area contributed by atoms with Crippen LogP contribution in [-0.4, -0.2) is 5.11 Å². The zero-order valence-electron chi connectivity index (χ0n) is 12.1. The van der Waals surface area contributed by atoms with Crippen LogP contribution in [0.15, 0.2) is 30.3 Å². The number of rotatable bonds is 6. The van der Waals surface area contributed by atoms with Crippen molar-refractivity contribution in [3.8, 4) is 5.75 Å². The molecule has 0 amide bonds. The average molecular weight is 256 g/mol. The maximum atomic E-state index is 10.3. The van der Waals surface area contributed by atoms with E-state index in [-0.39, 0.29) is 0 Å². The molecule has 1 heteroatoms. The van der Waals surface area contributed by atoms with Gasteiger partial charge in [-0.05, 0) is 53.6 Å². The first kappa shape index (κ1) is 13.9. The van der Waals surface area contributed by atoms with Gasteiger partial charge in [0, 0.05) is 0 Å². The Morgan fingerprint density at radius 1 is 0.895 bits per heavy atom. The number of hydrogen-bond acceptors (Lipinski definition) is 1. The highest BCUT2D eigenvalue weighted by Gasteiger charge is 2.12. The second-order valence-corrected chi connectivity index (χ2v) is 5.28. The van der Waals surface area contributed by atoms with Crippen LogP contribution in [0.5, 0.6) is 5.75 Å². The summed E-state index contributed by atoms with van der Waals surface area (Å²) in [6, 6.07) is 10.3. The Balaban J connectivity index is 2.52. The van der Waals surface area contributed by atoms with Crippen LogP contribution in [-0.2, 0) is 12.8 Å². The van der Waals surface area contributed by atoms with Gasteiger partial charge in [-0.3, -0.25) is 0 Å². The van der Waals surface area contributed by atoms with Crippen molar-refractivity contribution in [2.45, 2.75) is 52.4 Å². The van der Waals surface area contributed by atoms with Gasteiger partial charge in [0.15, 0.2) is 0 Å². The quantitative estimate of drug-likeness (QED) is 0.750. The SMILES string of the molecule is CCCCc1c(O)cc2ccccc2c1CCCC. The second-order valence-electron chi connectivity index (χ2n) is 5.28. The molecule has 19 heavy (non-hydrogen) atoms. The molecule has 0 atom stereocenters. The fourth-order valence-corrected chi connectivity index (χ4v) is 2.72. The first-order valence-corrected chi connectivity index (χ1v) is 7.50. The van der Waals surface area contributed by atoms with E-state index in [0.29, 0.717) is 5.75 Å². The van der Waals surface area contributed by atoms with E-state index in [1.165, 1.54) is 35.8 Å². The number of fused-ring (bicyclic) bond motifs is 1. The van der Waals surface area contributed by atoms with Crippen LogP contribution in [0.4, 0.5) is 0 Å². The van der Waals surface area contributed by atoms with E-state index >= 15 is 0 Å². The second kappa shape index (κ2) is 6.60. The molecule has 1 nitrogen and oxygen atoms in total. The van der Waals surface area contributed by atoms with Gasteiger partial charge in [0.05, 0.1) is 0 Å². The molecule has 2 rings (SSSR count). The normalized spacial score (nSPS) is 11.1. The average Bonchev–Trinajstić information content (AvgIpc) is 2.43. The molecule has 0 radical (unpaired) electrons. The molecular weight excluding hydrogens is 232 g/mol. The highest BCUT2D eigenvalue weighted by molar-refractivity contribution is 5.88. The molecule has 0 aromatic heterocycles. The Kier molecular flexibility index (Phi) is 4.84. The van der Waals surface area contributed by atoms with E-state index in [9.17, 15) is 5.11 Å². The maximum Gasteiger partial charge on any atom is 0.119 e. The highest BCUT2D eigenvalue weighted by Crippen LogP contribution is 2.32. The maximum absolute atomic E-state index is 10.3. The van der Waals surface area contributed by atoms with Crippen molar-refractivity contribution >= 4 is 10.8 Å². The number of aryl methyl sites for hydroxylation is 1. The summed E-state index contributed by atoms with van der Waals surface area (Å²) in [6.07, 6.45) is 6.75. The zero-order chi connectivity index (χ0) is 13.7. The molecule has 0 saturated carbocycles. The van der Waals surface area contributed by atoms with Crippen molar-refractivity contribution in [2.24, 2.45) is 0 Å². The topological polar surface area (TPSA) is 20.2 Å². The fraction of sp³-hybridized carbons (Fsp3) is 0.444. The lowest BCUT2D eigenvalue weighted by molar-refractivity contribution is 0.466. The summed E-state index contributed by atoms with van der Waals surface area (Å²) >= 11 is 0. The summed E-state index contributed by atoms with van der Waals surface area (Å²) in [6.45, 7) is 4.42. The van der Waals surface area contributed by atoms with Crippen molar-refractivity contribution in [1.82, 2.24) is 0 Å². The Hall–Kier alpha value is -1.50. The van der Waals surface area contributed by atoms with Gasteiger partial charge < -0.3 is 5.11 Å². The van der Waals surface area contributed by atoms with E-state index in [0.717, 1.165) is 24.6 Å². The van der Waals surface area contributed by atoms with Crippen LogP contribution < -0.4 is 0 Å². The third-order valence-electron chi connectivity index (χ3n) is 3.81. The lowest BCUT2D eigenvalue weighted by atomic mass is 9.91. The first-order valence-electron chi connectivity index (χ1n) is 7.50. The molecule has 0 aliphatic heterocycles. The van der Waals surface area contributed by atoms with E-state index in [1.807, 2.05) is 12.1 Å². The van der Waals surface area contributed by atoms with Crippen LogP contribution >= 0.6 is 0 Å². The molecule has 0 heterocycles. The molecule has 102 valence electrons. The number of hydrogen-bond donors (Lipinski definition) is 1. The van der Waals surface area contributed by atoms with Crippen molar-refractivity contribution < 1.29 is 5.11 Å². The smallest absolute Gasteiger partial charge is 0.119 e. The highest BCUT2D eigenvalue weighted by atomic mass is 16.3. The summed E-state index contributed by atoms with van der Waals surface area (Å²) in [5.74, 6) is 0.484. The van der Waals surface area contributed by atoms with Gasteiger partial charge in [-0.25, -0.2) is 0 Å². The first-order chi connectivity index (χ1) is 9.27. The van der Waals surface area contributed by atoms with Gasteiger partial charge in [0.1, 0.15) is 5.75 Å². The Labute approximate surface area is 116 Å². The third kappa shape index (κ3) is 3.09. The van der Waals surface area contributed by atoms with Crippen LogP contribution in [0.1, 0.15) is 50.7 Å². The van der Waals surface area contributed by atoms with Crippen LogP contribution in [0.25, 0.3) is 10.8 Å². The molecule has 0 unspecified atom stereocenters. The minimum atomic E-state index is 0.484. The fourth-order valence-electron chi connectivity index (χ4n) is 2.72. The van der Waals surface area contributed by atoms with Gasteiger partial charge in [0.2, 0.25) is 0 Å². The lowest BCUT2D eigenvalue weighted by Gasteiger charge is -2.15.